The molecule has 1 aliphatic carbocycles. The van der Waals surface area contributed by atoms with E-state index in [4.69, 9.17) is 13.9 Å². The first-order chi connectivity index (χ1) is 16.1. The van der Waals surface area contributed by atoms with Crippen molar-refractivity contribution in [3.8, 4) is 11.5 Å². The van der Waals surface area contributed by atoms with E-state index in [-0.39, 0.29) is 31.1 Å². The second kappa shape index (κ2) is 9.31. The molecule has 1 N–H and O–H groups in total. The number of benzene rings is 1. The van der Waals surface area contributed by atoms with Crippen LogP contribution < -0.4 is 19.7 Å². The van der Waals surface area contributed by atoms with Crippen molar-refractivity contribution < 1.29 is 23.5 Å². The van der Waals surface area contributed by atoms with E-state index in [2.05, 4.69) is 5.32 Å². The Labute approximate surface area is 196 Å². The van der Waals surface area contributed by atoms with Crippen molar-refractivity contribution in [1.82, 2.24) is 5.32 Å². The SMILES string of the molecule is Cc1ccc(C(C(=O)NC2CCCC2)N(C(=O)Cc2cccs2)c2ccc3c(c2)OCO3)o1. The third-order valence-electron chi connectivity index (χ3n) is 6.05. The third-order valence-corrected chi connectivity index (χ3v) is 6.92. The summed E-state index contributed by atoms with van der Waals surface area (Å²) >= 11 is 1.51. The van der Waals surface area contributed by atoms with Crippen LogP contribution in [0.4, 0.5) is 5.69 Å². The maximum absolute atomic E-state index is 13.7. The van der Waals surface area contributed by atoms with Crippen LogP contribution in [-0.4, -0.2) is 24.6 Å². The molecule has 5 rings (SSSR count). The van der Waals surface area contributed by atoms with Gasteiger partial charge in [-0.05, 0) is 55.5 Å². The molecule has 1 aromatic carbocycles. The van der Waals surface area contributed by atoms with Crippen LogP contribution in [0.3, 0.4) is 0 Å². The fourth-order valence-electron chi connectivity index (χ4n) is 4.44. The average molecular weight is 467 g/mol. The van der Waals surface area contributed by atoms with Crippen LogP contribution in [0.1, 0.15) is 48.1 Å². The van der Waals surface area contributed by atoms with Crippen molar-refractivity contribution in [3.63, 3.8) is 0 Å². The number of nitrogens with zero attached hydrogens (tertiary/aromatic N) is 1. The van der Waals surface area contributed by atoms with Crippen LogP contribution >= 0.6 is 11.3 Å². The molecule has 1 fully saturated rings. The maximum atomic E-state index is 13.7. The first kappa shape index (κ1) is 21.6. The monoisotopic (exact) mass is 466 g/mol. The molecule has 2 amide bonds. The summed E-state index contributed by atoms with van der Waals surface area (Å²) in [5, 5.41) is 5.10. The first-order valence-electron chi connectivity index (χ1n) is 11.2. The lowest BCUT2D eigenvalue weighted by Crippen LogP contribution is -2.46. The minimum atomic E-state index is -0.938. The number of fused-ring (bicyclic) bond motifs is 1. The van der Waals surface area contributed by atoms with Gasteiger partial charge in [-0.1, -0.05) is 18.9 Å². The Kier molecular flexibility index (Phi) is 6.09. The zero-order chi connectivity index (χ0) is 22.8. The lowest BCUT2D eigenvalue weighted by molar-refractivity contribution is -0.127. The summed E-state index contributed by atoms with van der Waals surface area (Å²) in [5.74, 6) is 1.84. The summed E-state index contributed by atoms with van der Waals surface area (Å²) < 4.78 is 16.9. The second-order valence-electron chi connectivity index (χ2n) is 8.40. The normalized spacial score (nSPS) is 16.0. The highest BCUT2D eigenvalue weighted by Gasteiger charge is 2.37. The van der Waals surface area contributed by atoms with Gasteiger partial charge < -0.3 is 19.2 Å². The predicted octanol–water partition coefficient (Wildman–Crippen LogP) is 4.75. The Morgan fingerprint density at radius 2 is 1.94 bits per heavy atom. The van der Waals surface area contributed by atoms with Gasteiger partial charge in [0.25, 0.3) is 5.91 Å². The summed E-state index contributed by atoms with van der Waals surface area (Å²) in [6.45, 7) is 1.96. The topological polar surface area (TPSA) is 81.0 Å². The first-order valence-corrected chi connectivity index (χ1v) is 12.1. The number of rotatable bonds is 7. The van der Waals surface area contributed by atoms with Crippen LogP contribution in [0.2, 0.25) is 0 Å². The number of furan rings is 1. The molecule has 1 aliphatic heterocycles. The van der Waals surface area contributed by atoms with E-state index < -0.39 is 6.04 Å². The zero-order valence-electron chi connectivity index (χ0n) is 18.4. The third kappa shape index (κ3) is 4.61. The largest absolute Gasteiger partial charge is 0.464 e. The highest BCUT2D eigenvalue weighted by Crippen LogP contribution is 2.39. The number of anilines is 1. The molecule has 1 unspecified atom stereocenters. The van der Waals surface area contributed by atoms with Crippen LogP contribution in [0, 0.1) is 6.92 Å². The van der Waals surface area contributed by atoms with E-state index in [1.807, 2.05) is 30.5 Å². The van der Waals surface area contributed by atoms with Gasteiger partial charge in [-0.3, -0.25) is 14.5 Å². The van der Waals surface area contributed by atoms with Crippen molar-refractivity contribution in [2.45, 2.75) is 51.1 Å². The quantitative estimate of drug-likeness (QED) is 0.543. The Morgan fingerprint density at radius 1 is 1.12 bits per heavy atom. The molecule has 0 radical (unpaired) electrons. The fraction of sp³-hybridized carbons (Fsp3) is 0.360. The Morgan fingerprint density at radius 3 is 2.67 bits per heavy atom. The molecule has 7 nitrogen and oxygen atoms in total. The average Bonchev–Trinajstić information content (AvgIpc) is 3.59. The number of carbonyl (C=O) groups excluding carboxylic acids is 2. The van der Waals surface area contributed by atoms with Crippen molar-refractivity contribution in [2.75, 3.05) is 11.7 Å². The van der Waals surface area contributed by atoms with Gasteiger partial charge in [-0.15, -0.1) is 11.3 Å². The van der Waals surface area contributed by atoms with Gasteiger partial charge in [0.1, 0.15) is 11.5 Å². The van der Waals surface area contributed by atoms with Gasteiger partial charge in [0, 0.05) is 22.7 Å². The van der Waals surface area contributed by atoms with E-state index in [1.54, 1.807) is 24.3 Å². The molecule has 2 aliphatic rings. The van der Waals surface area contributed by atoms with Gasteiger partial charge in [-0.25, -0.2) is 0 Å². The van der Waals surface area contributed by atoms with Gasteiger partial charge in [0.2, 0.25) is 12.7 Å². The Bertz CT molecular complexity index is 1130. The summed E-state index contributed by atoms with van der Waals surface area (Å²) in [5.41, 5.74) is 0.557. The molecule has 33 heavy (non-hydrogen) atoms. The summed E-state index contributed by atoms with van der Waals surface area (Å²) in [6, 6.07) is 11.9. The number of nitrogens with one attached hydrogen (secondary N) is 1. The molecule has 1 saturated carbocycles. The number of ether oxygens (including phenoxy) is 2. The molecule has 0 spiro atoms. The Balaban J connectivity index is 1.55. The van der Waals surface area contributed by atoms with Crippen molar-refractivity contribution in [3.05, 3.63) is 64.2 Å². The van der Waals surface area contributed by atoms with Crippen molar-refractivity contribution in [2.24, 2.45) is 0 Å². The van der Waals surface area contributed by atoms with Crippen molar-refractivity contribution in [1.29, 1.82) is 0 Å². The summed E-state index contributed by atoms with van der Waals surface area (Å²) in [6.07, 6.45) is 4.27. The number of hydrogen-bond donors (Lipinski definition) is 1. The smallest absolute Gasteiger partial charge is 0.251 e. The second-order valence-corrected chi connectivity index (χ2v) is 9.43. The van der Waals surface area contributed by atoms with E-state index in [0.717, 1.165) is 30.6 Å². The number of amides is 2. The van der Waals surface area contributed by atoms with E-state index >= 15 is 0 Å². The standard InChI is InChI=1S/C25H26N2O5S/c1-16-8-10-21(32-16)24(25(29)26-17-5-2-3-6-17)27(23(28)14-19-7-4-12-33-19)18-9-11-20-22(13-18)31-15-30-20/h4,7-13,17,24H,2-3,5-6,14-15H2,1H3,(H,26,29). The Hall–Kier alpha value is -3.26. The fourth-order valence-corrected chi connectivity index (χ4v) is 5.14. The molecular weight excluding hydrogens is 440 g/mol. The van der Waals surface area contributed by atoms with E-state index in [0.29, 0.717) is 28.7 Å². The van der Waals surface area contributed by atoms with E-state index in [1.165, 1.54) is 16.2 Å². The maximum Gasteiger partial charge on any atom is 0.251 e. The highest BCUT2D eigenvalue weighted by atomic mass is 32.1. The summed E-state index contributed by atoms with van der Waals surface area (Å²) in [4.78, 5) is 29.8. The number of hydrogen-bond acceptors (Lipinski definition) is 6. The molecule has 8 heteroatoms. The van der Waals surface area contributed by atoms with Crippen LogP contribution in [-0.2, 0) is 16.0 Å². The van der Waals surface area contributed by atoms with Gasteiger partial charge >= 0.3 is 0 Å². The molecule has 1 atom stereocenters. The molecule has 3 heterocycles. The number of thiophene rings is 1. The lowest BCUT2D eigenvalue weighted by Gasteiger charge is -2.31. The molecular formula is C25H26N2O5S. The number of aryl methyl sites for hydroxylation is 1. The molecule has 2 aromatic heterocycles. The highest BCUT2D eigenvalue weighted by molar-refractivity contribution is 7.10. The molecule has 0 saturated heterocycles. The van der Waals surface area contributed by atoms with Gasteiger partial charge in [0.15, 0.2) is 17.5 Å². The van der Waals surface area contributed by atoms with Gasteiger partial charge in [-0.2, -0.15) is 0 Å². The molecule has 172 valence electrons. The molecule has 3 aromatic rings. The predicted molar refractivity (Wildman–Crippen MR) is 125 cm³/mol. The van der Waals surface area contributed by atoms with Crippen molar-refractivity contribution >= 4 is 28.8 Å². The minimum absolute atomic E-state index is 0.113. The van der Waals surface area contributed by atoms with Crippen LogP contribution in [0.15, 0.2) is 52.3 Å². The van der Waals surface area contributed by atoms with E-state index in [9.17, 15) is 9.59 Å². The number of carbonyl (C=O) groups is 2. The van der Waals surface area contributed by atoms with Gasteiger partial charge in [0.05, 0.1) is 6.42 Å². The van der Waals surface area contributed by atoms with Crippen LogP contribution in [0.25, 0.3) is 0 Å². The lowest BCUT2D eigenvalue weighted by atomic mass is 10.1. The molecule has 0 bridgehead atoms. The summed E-state index contributed by atoms with van der Waals surface area (Å²) in [7, 11) is 0. The zero-order valence-corrected chi connectivity index (χ0v) is 19.2. The van der Waals surface area contributed by atoms with Crippen LogP contribution in [0.5, 0.6) is 11.5 Å². The minimum Gasteiger partial charge on any atom is -0.464 e.